The fraction of sp³-hybridized carbons (Fsp3) is 0.400. The van der Waals surface area contributed by atoms with Crippen molar-refractivity contribution in [3.63, 3.8) is 0 Å². The van der Waals surface area contributed by atoms with Crippen LogP contribution >= 0.6 is 0 Å². The van der Waals surface area contributed by atoms with Crippen LogP contribution in [-0.4, -0.2) is 12.0 Å². The first-order chi connectivity index (χ1) is 8.47. The summed E-state index contributed by atoms with van der Waals surface area (Å²) in [6.45, 7) is 8.32. The Balaban J connectivity index is 2.49. The second-order valence-electron chi connectivity index (χ2n) is 4.75. The third-order valence-corrected chi connectivity index (χ3v) is 2.18. The zero-order chi connectivity index (χ0) is 13.5. The van der Waals surface area contributed by atoms with E-state index in [4.69, 9.17) is 4.74 Å². The number of rotatable bonds is 5. The maximum atomic E-state index is 11.4. The zero-order valence-corrected chi connectivity index (χ0v) is 11.5. The first-order valence-electron chi connectivity index (χ1n) is 6.15. The van der Waals surface area contributed by atoms with E-state index in [-0.39, 0.29) is 12.0 Å². The van der Waals surface area contributed by atoms with Gasteiger partial charge in [0, 0.05) is 12.6 Å². The summed E-state index contributed by atoms with van der Waals surface area (Å²) in [4.78, 5) is 11.4. The van der Waals surface area contributed by atoms with Gasteiger partial charge in [0.1, 0.15) is 5.75 Å². The predicted octanol–water partition coefficient (Wildman–Crippen LogP) is 3.06. The van der Waals surface area contributed by atoms with Crippen molar-refractivity contribution in [1.82, 2.24) is 5.32 Å². The number of benzene rings is 1. The van der Waals surface area contributed by atoms with Crippen molar-refractivity contribution in [3.05, 3.63) is 41.5 Å². The van der Waals surface area contributed by atoms with Crippen LogP contribution in [0.4, 0.5) is 0 Å². The van der Waals surface area contributed by atoms with Crippen LogP contribution in [-0.2, 0) is 11.3 Å². The SMILES string of the molecule is CC(C)=CC(=O)NCc1ccc(OC(C)C)cc1. The van der Waals surface area contributed by atoms with Gasteiger partial charge in [0.15, 0.2) is 0 Å². The van der Waals surface area contributed by atoms with Gasteiger partial charge in [-0.25, -0.2) is 0 Å². The van der Waals surface area contributed by atoms with Crippen LogP contribution in [0.5, 0.6) is 5.75 Å². The summed E-state index contributed by atoms with van der Waals surface area (Å²) in [5.41, 5.74) is 2.05. The molecule has 0 aliphatic heterocycles. The van der Waals surface area contributed by atoms with Gasteiger partial charge in [0.25, 0.3) is 0 Å². The lowest BCUT2D eigenvalue weighted by atomic mass is 10.2. The van der Waals surface area contributed by atoms with Crippen LogP contribution in [0.25, 0.3) is 0 Å². The maximum Gasteiger partial charge on any atom is 0.244 e. The number of hydrogen-bond acceptors (Lipinski definition) is 2. The molecule has 0 aliphatic carbocycles. The number of carbonyl (C=O) groups excluding carboxylic acids is 1. The second-order valence-corrected chi connectivity index (χ2v) is 4.75. The Kier molecular flexibility index (Phi) is 5.43. The third-order valence-electron chi connectivity index (χ3n) is 2.18. The molecule has 0 saturated heterocycles. The minimum Gasteiger partial charge on any atom is -0.491 e. The molecule has 0 heterocycles. The van der Waals surface area contributed by atoms with Crippen LogP contribution < -0.4 is 10.1 Å². The molecule has 0 fully saturated rings. The number of nitrogens with one attached hydrogen (secondary N) is 1. The smallest absolute Gasteiger partial charge is 0.244 e. The molecule has 0 radical (unpaired) electrons. The van der Waals surface area contributed by atoms with Gasteiger partial charge in [-0.15, -0.1) is 0 Å². The Morgan fingerprint density at radius 1 is 1.28 bits per heavy atom. The molecule has 0 saturated carbocycles. The Hall–Kier alpha value is -1.77. The van der Waals surface area contributed by atoms with Crippen molar-refractivity contribution in [2.24, 2.45) is 0 Å². The van der Waals surface area contributed by atoms with Crippen molar-refractivity contribution in [2.75, 3.05) is 0 Å². The highest BCUT2D eigenvalue weighted by Gasteiger charge is 2.00. The van der Waals surface area contributed by atoms with Gasteiger partial charge in [-0.05, 0) is 45.4 Å². The fourth-order valence-electron chi connectivity index (χ4n) is 1.46. The van der Waals surface area contributed by atoms with Crippen LogP contribution in [0.2, 0.25) is 0 Å². The van der Waals surface area contributed by atoms with E-state index in [9.17, 15) is 4.79 Å². The lowest BCUT2D eigenvalue weighted by Crippen LogP contribution is -2.20. The van der Waals surface area contributed by atoms with Crippen molar-refractivity contribution < 1.29 is 9.53 Å². The van der Waals surface area contributed by atoms with Gasteiger partial charge < -0.3 is 10.1 Å². The van der Waals surface area contributed by atoms with Crippen molar-refractivity contribution in [1.29, 1.82) is 0 Å². The molecule has 3 heteroatoms. The minimum atomic E-state index is -0.0579. The monoisotopic (exact) mass is 247 g/mol. The molecule has 0 unspecified atom stereocenters. The molecule has 0 bridgehead atoms. The topological polar surface area (TPSA) is 38.3 Å². The molecule has 0 aromatic heterocycles. The van der Waals surface area contributed by atoms with E-state index in [0.29, 0.717) is 6.54 Å². The van der Waals surface area contributed by atoms with Crippen LogP contribution in [0.1, 0.15) is 33.3 Å². The standard InChI is InChI=1S/C15H21NO2/c1-11(2)9-15(17)16-10-13-5-7-14(8-6-13)18-12(3)4/h5-9,12H,10H2,1-4H3,(H,16,17). The number of ether oxygens (including phenoxy) is 1. The Bertz CT molecular complexity index is 415. The van der Waals surface area contributed by atoms with E-state index in [1.165, 1.54) is 0 Å². The van der Waals surface area contributed by atoms with Crippen LogP contribution in [0, 0.1) is 0 Å². The number of allylic oxidation sites excluding steroid dienone is 1. The summed E-state index contributed by atoms with van der Waals surface area (Å²) in [7, 11) is 0. The van der Waals surface area contributed by atoms with Crippen molar-refractivity contribution in [3.8, 4) is 5.75 Å². The highest BCUT2D eigenvalue weighted by molar-refractivity contribution is 5.87. The van der Waals surface area contributed by atoms with Crippen molar-refractivity contribution in [2.45, 2.75) is 40.3 Å². The van der Waals surface area contributed by atoms with Gasteiger partial charge in [-0.3, -0.25) is 4.79 Å². The number of amides is 1. The summed E-state index contributed by atoms with van der Waals surface area (Å²) in [5.74, 6) is 0.793. The molecule has 0 aliphatic rings. The fourth-order valence-corrected chi connectivity index (χ4v) is 1.46. The normalized spacial score (nSPS) is 10.1. The summed E-state index contributed by atoms with van der Waals surface area (Å²) in [5, 5.41) is 2.83. The first kappa shape index (κ1) is 14.3. The summed E-state index contributed by atoms with van der Waals surface area (Å²) in [6.07, 6.45) is 1.77. The molecule has 1 aromatic carbocycles. The predicted molar refractivity (Wildman–Crippen MR) is 73.5 cm³/mol. The quantitative estimate of drug-likeness (QED) is 0.812. The van der Waals surface area contributed by atoms with Gasteiger partial charge in [-0.1, -0.05) is 17.7 Å². The average Bonchev–Trinajstić information content (AvgIpc) is 2.26. The Morgan fingerprint density at radius 3 is 2.39 bits per heavy atom. The van der Waals surface area contributed by atoms with Gasteiger partial charge >= 0.3 is 0 Å². The molecular formula is C15H21NO2. The van der Waals surface area contributed by atoms with Gasteiger partial charge in [0.05, 0.1) is 6.10 Å². The molecule has 18 heavy (non-hydrogen) atoms. The summed E-state index contributed by atoms with van der Waals surface area (Å²) in [6, 6.07) is 7.76. The van der Waals surface area contributed by atoms with E-state index in [1.807, 2.05) is 52.0 Å². The molecule has 0 atom stereocenters. The highest BCUT2D eigenvalue weighted by atomic mass is 16.5. The molecule has 0 spiro atoms. The molecule has 3 nitrogen and oxygen atoms in total. The molecule has 1 amide bonds. The van der Waals surface area contributed by atoms with E-state index < -0.39 is 0 Å². The summed E-state index contributed by atoms with van der Waals surface area (Å²) >= 11 is 0. The lowest BCUT2D eigenvalue weighted by Gasteiger charge is -2.10. The molecule has 98 valence electrons. The molecule has 1 N–H and O–H groups in total. The zero-order valence-electron chi connectivity index (χ0n) is 11.5. The Labute approximate surface area is 109 Å². The van der Waals surface area contributed by atoms with E-state index >= 15 is 0 Å². The molecule has 1 aromatic rings. The maximum absolute atomic E-state index is 11.4. The number of carbonyl (C=O) groups is 1. The van der Waals surface area contributed by atoms with Gasteiger partial charge in [0.2, 0.25) is 5.91 Å². The minimum absolute atomic E-state index is 0.0579. The first-order valence-corrected chi connectivity index (χ1v) is 6.15. The van der Waals surface area contributed by atoms with Crippen LogP contribution in [0.3, 0.4) is 0 Å². The van der Waals surface area contributed by atoms with E-state index in [0.717, 1.165) is 16.9 Å². The van der Waals surface area contributed by atoms with Gasteiger partial charge in [-0.2, -0.15) is 0 Å². The average molecular weight is 247 g/mol. The lowest BCUT2D eigenvalue weighted by molar-refractivity contribution is -0.116. The third kappa shape index (κ3) is 5.53. The van der Waals surface area contributed by atoms with E-state index in [2.05, 4.69) is 5.32 Å². The highest BCUT2D eigenvalue weighted by Crippen LogP contribution is 2.13. The largest absolute Gasteiger partial charge is 0.491 e. The van der Waals surface area contributed by atoms with Crippen molar-refractivity contribution >= 4 is 5.91 Å². The summed E-state index contributed by atoms with van der Waals surface area (Å²) < 4.78 is 5.55. The van der Waals surface area contributed by atoms with E-state index in [1.54, 1.807) is 6.08 Å². The molecule has 1 rings (SSSR count). The number of hydrogen-bond donors (Lipinski definition) is 1. The Morgan fingerprint density at radius 2 is 1.89 bits per heavy atom. The molecular weight excluding hydrogens is 226 g/mol. The second kappa shape index (κ2) is 6.84. The van der Waals surface area contributed by atoms with Crippen LogP contribution in [0.15, 0.2) is 35.9 Å².